The minimum atomic E-state index is -3.71. The van der Waals surface area contributed by atoms with E-state index < -0.39 is 15.8 Å². The monoisotopic (exact) mass is 335 g/mol. The van der Waals surface area contributed by atoms with Crippen LogP contribution in [-0.2, 0) is 10.0 Å². The van der Waals surface area contributed by atoms with Crippen molar-refractivity contribution < 1.29 is 12.8 Å². The van der Waals surface area contributed by atoms with Gasteiger partial charge in [0.05, 0.1) is 4.90 Å². The van der Waals surface area contributed by atoms with Gasteiger partial charge in [0, 0.05) is 6.04 Å². The van der Waals surface area contributed by atoms with E-state index in [4.69, 9.17) is 0 Å². The molecule has 0 aliphatic heterocycles. The normalized spacial score (nSPS) is 13.3. The fraction of sp³-hybridized carbons (Fsp3) is 0.333. The summed E-state index contributed by atoms with van der Waals surface area (Å²) in [5.41, 5.74) is 1.23. The molecular formula is C18H22FNO2S. The van der Waals surface area contributed by atoms with E-state index in [1.807, 2.05) is 44.2 Å². The van der Waals surface area contributed by atoms with E-state index in [0.29, 0.717) is 17.9 Å². The minimum Gasteiger partial charge on any atom is -0.207 e. The van der Waals surface area contributed by atoms with Crippen LogP contribution < -0.4 is 4.72 Å². The first kappa shape index (κ1) is 17.6. The molecule has 0 aromatic heterocycles. The van der Waals surface area contributed by atoms with Crippen molar-refractivity contribution >= 4 is 10.0 Å². The van der Waals surface area contributed by atoms with Crippen LogP contribution in [0.25, 0.3) is 0 Å². The Labute approximate surface area is 137 Å². The highest BCUT2D eigenvalue weighted by molar-refractivity contribution is 7.89. The number of hydrogen-bond acceptors (Lipinski definition) is 2. The Kier molecular flexibility index (Phi) is 5.55. The SMILES string of the molecule is Cc1cc(S(=O)(=O)N[C@@H](CC(C)C)c2ccccc2)ccc1F. The lowest BCUT2D eigenvalue weighted by Gasteiger charge is -2.21. The molecule has 3 nitrogen and oxygen atoms in total. The maximum Gasteiger partial charge on any atom is 0.241 e. The molecule has 5 heteroatoms. The Morgan fingerprint density at radius 3 is 2.30 bits per heavy atom. The van der Waals surface area contributed by atoms with Gasteiger partial charge >= 0.3 is 0 Å². The standard InChI is InChI=1S/C18H22FNO2S/c1-13(2)11-18(15-7-5-4-6-8-15)20-23(21,22)16-9-10-17(19)14(3)12-16/h4-10,12-13,18,20H,11H2,1-3H3/t18-/m0/s1. The van der Waals surface area contributed by atoms with Crippen molar-refractivity contribution in [2.45, 2.75) is 38.1 Å². The Balaban J connectivity index is 2.32. The van der Waals surface area contributed by atoms with Gasteiger partial charge in [-0.2, -0.15) is 0 Å². The van der Waals surface area contributed by atoms with Crippen molar-refractivity contribution in [3.05, 3.63) is 65.5 Å². The molecule has 1 N–H and O–H groups in total. The Hall–Kier alpha value is -1.72. The highest BCUT2D eigenvalue weighted by Gasteiger charge is 2.22. The second-order valence-corrected chi connectivity index (χ2v) is 7.84. The van der Waals surface area contributed by atoms with Crippen molar-refractivity contribution in [3.63, 3.8) is 0 Å². The summed E-state index contributed by atoms with van der Waals surface area (Å²) in [5.74, 6) is -0.0800. The first-order chi connectivity index (χ1) is 10.8. The molecule has 0 heterocycles. The van der Waals surface area contributed by atoms with Gasteiger partial charge in [0.15, 0.2) is 0 Å². The molecule has 0 saturated carbocycles. The molecule has 0 amide bonds. The lowest BCUT2D eigenvalue weighted by atomic mass is 9.98. The van der Waals surface area contributed by atoms with Crippen LogP contribution in [0, 0.1) is 18.7 Å². The first-order valence-corrected chi connectivity index (χ1v) is 9.11. The van der Waals surface area contributed by atoms with Gasteiger partial charge in [-0.05, 0) is 48.6 Å². The largest absolute Gasteiger partial charge is 0.241 e. The van der Waals surface area contributed by atoms with E-state index in [2.05, 4.69) is 4.72 Å². The topological polar surface area (TPSA) is 46.2 Å². The predicted molar refractivity (Wildman–Crippen MR) is 90.1 cm³/mol. The van der Waals surface area contributed by atoms with Crippen LogP contribution in [0.4, 0.5) is 4.39 Å². The predicted octanol–water partition coefficient (Wildman–Crippen LogP) is 4.20. The van der Waals surface area contributed by atoms with Crippen molar-refractivity contribution in [1.29, 1.82) is 0 Å². The summed E-state index contributed by atoms with van der Waals surface area (Å²) < 4.78 is 41.4. The summed E-state index contributed by atoms with van der Waals surface area (Å²) in [6, 6.07) is 13.0. The summed E-state index contributed by atoms with van der Waals surface area (Å²) in [6.07, 6.45) is 0.684. The smallest absolute Gasteiger partial charge is 0.207 e. The number of aryl methyl sites for hydroxylation is 1. The van der Waals surface area contributed by atoms with Crippen LogP contribution in [0.2, 0.25) is 0 Å². The van der Waals surface area contributed by atoms with Gasteiger partial charge in [-0.3, -0.25) is 0 Å². The summed E-state index contributed by atoms with van der Waals surface area (Å²) in [5, 5.41) is 0. The van der Waals surface area contributed by atoms with Gasteiger partial charge in [0.2, 0.25) is 10.0 Å². The molecule has 1 atom stereocenters. The van der Waals surface area contributed by atoms with Gasteiger partial charge in [-0.15, -0.1) is 0 Å². The third-order valence-electron chi connectivity index (χ3n) is 3.65. The molecule has 0 unspecified atom stereocenters. The molecule has 23 heavy (non-hydrogen) atoms. The second kappa shape index (κ2) is 7.23. The van der Waals surface area contributed by atoms with Crippen molar-refractivity contribution in [3.8, 4) is 0 Å². The summed E-state index contributed by atoms with van der Waals surface area (Å²) >= 11 is 0. The maximum atomic E-state index is 13.4. The van der Waals surface area contributed by atoms with Crippen molar-refractivity contribution in [1.82, 2.24) is 4.72 Å². The van der Waals surface area contributed by atoms with Gasteiger partial charge in [0.1, 0.15) is 5.82 Å². The van der Waals surface area contributed by atoms with Crippen molar-refractivity contribution in [2.24, 2.45) is 5.92 Å². The van der Waals surface area contributed by atoms with Gasteiger partial charge in [-0.25, -0.2) is 17.5 Å². The fourth-order valence-corrected chi connectivity index (χ4v) is 3.77. The number of sulfonamides is 1. The van der Waals surface area contributed by atoms with Gasteiger partial charge < -0.3 is 0 Å². The van der Waals surface area contributed by atoms with E-state index in [1.165, 1.54) is 18.2 Å². The number of hydrogen-bond donors (Lipinski definition) is 1. The molecule has 0 aliphatic carbocycles. The molecule has 0 bridgehead atoms. The first-order valence-electron chi connectivity index (χ1n) is 7.63. The second-order valence-electron chi connectivity index (χ2n) is 6.13. The summed E-state index contributed by atoms with van der Waals surface area (Å²) in [7, 11) is -3.71. The van der Waals surface area contributed by atoms with Crippen molar-refractivity contribution in [2.75, 3.05) is 0 Å². The summed E-state index contributed by atoms with van der Waals surface area (Å²) in [4.78, 5) is 0.0843. The van der Waals surface area contributed by atoms with Gasteiger partial charge in [0.25, 0.3) is 0 Å². The highest BCUT2D eigenvalue weighted by Crippen LogP contribution is 2.24. The molecule has 124 valence electrons. The zero-order valence-corrected chi connectivity index (χ0v) is 14.4. The van der Waals surface area contributed by atoms with Crippen LogP contribution in [0.5, 0.6) is 0 Å². The maximum absolute atomic E-state index is 13.4. The Morgan fingerprint density at radius 2 is 1.74 bits per heavy atom. The molecule has 0 radical (unpaired) electrons. The molecule has 2 aromatic carbocycles. The van der Waals surface area contributed by atoms with Crippen LogP contribution in [-0.4, -0.2) is 8.42 Å². The highest BCUT2D eigenvalue weighted by atomic mass is 32.2. The van der Waals surface area contributed by atoms with E-state index in [9.17, 15) is 12.8 Å². The number of nitrogens with one attached hydrogen (secondary N) is 1. The molecular weight excluding hydrogens is 313 g/mol. The van der Waals surface area contributed by atoms with E-state index >= 15 is 0 Å². The number of benzene rings is 2. The van der Waals surface area contributed by atoms with Crippen LogP contribution in [0.3, 0.4) is 0 Å². The minimum absolute atomic E-state index is 0.0843. The molecule has 0 saturated heterocycles. The van der Waals surface area contributed by atoms with Crippen LogP contribution >= 0.6 is 0 Å². The fourth-order valence-electron chi connectivity index (χ4n) is 2.45. The zero-order valence-electron chi connectivity index (χ0n) is 13.6. The molecule has 0 aliphatic rings. The molecule has 2 rings (SSSR count). The zero-order chi connectivity index (χ0) is 17.0. The number of halogens is 1. The molecule has 2 aromatic rings. The Morgan fingerprint density at radius 1 is 1.09 bits per heavy atom. The number of rotatable bonds is 6. The third-order valence-corrected chi connectivity index (χ3v) is 5.12. The third kappa shape index (κ3) is 4.62. The summed E-state index contributed by atoms with van der Waals surface area (Å²) in [6.45, 7) is 5.65. The quantitative estimate of drug-likeness (QED) is 0.860. The van der Waals surface area contributed by atoms with Gasteiger partial charge in [-0.1, -0.05) is 44.2 Å². The molecule has 0 spiro atoms. The lowest BCUT2D eigenvalue weighted by molar-refractivity contribution is 0.472. The van der Waals surface area contributed by atoms with E-state index in [0.717, 1.165) is 5.56 Å². The van der Waals surface area contributed by atoms with E-state index in [-0.39, 0.29) is 10.9 Å². The van der Waals surface area contributed by atoms with Crippen LogP contribution in [0.15, 0.2) is 53.4 Å². The Bertz CT molecular complexity index is 758. The lowest BCUT2D eigenvalue weighted by Crippen LogP contribution is -2.29. The average molecular weight is 335 g/mol. The average Bonchev–Trinajstić information content (AvgIpc) is 2.49. The van der Waals surface area contributed by atoms with E-state index in [1.54, 1.807) is 6.92 Å². The van der Waals surface area contributed by atoms with Crippen LogP contribution in [0.1, 0.15) is 37.4 Å². The molecule has 0 fully saturated rings.